The number of amides is 1. The van der Waals surface area contributed by atoms with Crippen molar-refractivity contribution in [1.82, 2.24) is 10.2 Å². The van der Waals surface area contributed by atoms with Crippen molar-refractivity contribution < 1.29 is 9.53 Å². The largest absolute Gasteiger partial charge is 0.481 e. The van der Waals surface area contributed by atoms with E-state index in [1.54, 1.807) is 25.1 Å². The lowest BCUT2D eigenvalue weighted by atomic mass is 10.2. The summed E-state index contributed by atoms with van der Waals surface area (Å²) in [6, 6.07) is 5.27. The zero-order valence-corrected chi connectivity index (χ0v) is 14.1. The standard InChI is InChI=1S/C13H14ClN3O2S2/c1-7-6-9(4-5-10(7)14)19-8(2)11(18)15-12-16-17-13(20-3)21-12/h4-6,8H,1-3H3,(H,15,16,18). The van der Waals surface area contributed by atoms with Crippen LogP contribution in [0.5, 0.6) is 5.75 Å². The van der Waals surface area contributed by atoms with Crippen LogP contribution in [0.1, 0.15) is 12.5 Å². The summed E-state index contributed by atoms with van der Waals surface area (Å²) >= 11 is 8.76. The Labute approximate surface area is 136 Å². The zero-order valence-electron chi connectivity index (χ0n) is 11.7. The van der Waals surface area contributed by atoms with Gasteiger partial charge in [0.15, 0.2) is 10.4 Å². The molecule has 1 N–H and O–H groups in total. The van der Waals surface area contributed by atoms with Crippen molar-refractivity contribution in [2.75, 3.05) is 11.6 Å². The summed E-state index contributed by atoms with van der Waals surface area (Å²) in [5.74, 6) is 0.327. The minimum atomic E-state index is -0.646. The summed E-state index contributed by atoms with van der Waals surface area (Å²) in [6.07, 6.45) is 1.26. The number of carbonyl (C=O) groups is 1. The topological polar surface area (TPSA) is 64.1 Å². The number of hydrogen-bond donors (Lipinski definition) is 1. The average Bonchev–Trinajstić information content (AvgIpc) is 2.90. The number of thioether (sulfide) groups is 1. The number of aryl methyl sites for hydroxylation is 1. The highest BCUT2D eigenvalue weighted by molar-refractivity contribution is 8.00. The van der Waals surface area contributed by atoms with Crippen LogP contribution < -0.4 is 10.1 Å². The zero-order chi connectivity index (χ0) is 15.4. The molecule has 1 aromatic heterocycles. The van der Waals surface area contributed by atoms with Gasteiger partial charge in [-0.15, -0.1) is 10.2 Å². The number of ether oxygens (including phenoxy) is 1. The molecule has 0 fully saturated rings. The first-order chi connectivity index (χ1) is 9.99. The van der Waals surface area contributed by atoms with Crippen LogP contribution in [0.3, 0.4) is 0 Å². The SMILES string of the molecule is CSc1nnc(NC(=O)C(C)Oc2ccc(Cl)c(C)c2)s1. The number of aromatic nitrogens is 2. The third kappa shape index (κ3) is 4.33. The quantitative estimate of drug-likeness (QED) is 0.663. The maximum atomic E-state index is 12.0. The summed E-state index contributed by atoms with van der Waals surface area (Å²) in [6.45, 7) is 3.56. The molecule has 0 saturated carbocycles. The lowest BCUT2D eigenvalue weighted by Crippen LogP contribution is -2.30. The summed E-state index contributed by atoms with van der Waals surface area (Å²) in [4.78, 5) is 12.0. The summed E-state index contributed by atoms with van der Waals surface area (Å²) in [7, 11) is 0. The molecule has 1 heterocycles. The average molecular weight is 344 g/mol. The van der Waals surface area contributed by atoms with Crippen LogP contribution in [0.4, 0.5) is 5.13 Å². The van der Waals surface area contributed by atoms with Crippen molar-refractivity contribution in [2.24, 2.45) is 0 Å². The maximum absolute atomic E-state index is 12.0. The Hall–Kier alpha value is -1.31. The number of hydrogen-bond acceptors (Lipinski definition) is 6. The molecular weight excluding hydrogens is 330 g/mol. The Kier molecular flexibility index (Phi) is 5.44. The summed E-state index contributed by atoms with van der Waals surface area (Å²) in [5, 5.41) is 11.6. The smallest absolute Gasteiger partial charge is 0.266 e. The Balaban J connectivity index is 1.97. The number of carbonyl (C=O) groups excluding carboxylic acids is 1. The van der Waals surface area contributed by atoms with E-state index in [9.17, 15) is 4.79 Å². The van der Waals surface area contributed by atoms with E-state index in [0.29, 0.717) is 15.9 Å². The fourth-order valence-corrected chi connectivity index (χ4v) is 2.79. The molecule has 5 nitrogen and oxygen atoms in total. The first-order valence-corrected chi connectivity index (χ1v) is 8.52. The van der Waals surface area contributed by atoms with Crippen molar-refractivity contribution >= 4 is 45.7 Å². The van der Waals surface area contributed by atoms with E-state index in [0.717, 1.165) is 9.90 Å². The fourth-order valence-electron chi connectivity index (χ4n) is 1.50. The van der Waals surface area contributed by atoms with Crippen molar-refractivity contribution in [3.63, 3.8) is 0 Å². The predicted molar refractivity (Wildman–Crippen MR) is 86.6 cm³/mol. The first-order valence-electron chi connectivity index (χ1n) is 6.10. The molecule has 2 aromatic rings. The lowest BCUT2D eigenvalue weighted by molar-refractivity contribution is -0.122. The second-order valence-corrected chi connectivity index (χ2v) is 6.68. The van der Waals surface area contributed by atoms with Gasteiger partial charge < -0.3 is 4.74 Å². The number of anilines is 1. The van der Waals surface area contributed by atoms with Crippen molar-refractivity contribution in [3.05, 3.63) is 28.8 Å². The summed E-state index contributed by atoms with van der Waals surface area (Å²) in [5.41, 5.74) is 0.899. The number of nitrogens with zero attached hydrogens (tertiary/aromatic N) is 2. The van der Waals surface area contributed by atoms with Crippen LogP contribution in [-0.4, -0.2) is 28.5 Å². The van der Waals surface area contributed by atoms with Gasteiger partial charge in [-0.05, 0) is 43.9 Å². The van der Waals surface area contributed by atoms with E-state index >= 15 is 0 Å². The molecule has 1 amide bonds. The van der Waals surface area contributed by atoms with Crippen LogP contribution in [0.15, 0.2) is 22.5 Å². The van der Waals surface area contributed by atoms with Gasteiger partial charge in [-0.2, -0.15) is 0 Å². The van der Waals surface area contributed by atoms with Crippen LogP contribution in [0, 0.1) is 6.92 Å². The molecule has 0 spiro atoms. The Bertz CT molecular complexity index is 648. The molecule has 0 aliphatic carbocycles. The minimum Gasteiger partial charge on any atom is -0.481 e. The van der Waals surface area contributed by atoms with E-state index in [-0.39, 0.29) is 5.91 Å². The predicted octanol–water partition coefficient (Wildman–Crippen LogP) is 3.63. The van der Waals surface area contributed by atoms with Gasteiger partial charge in [-0.25, -0.2) is 0 Å². The van der Waals surface area contributed by atoms with Gasteiger partial charge in [-0.1, -0.05) is 34.7 Å². The fraction of sp³-hybridized carbons (Fsp3) is 0.308. The highest BCUT2D eigenvalue weighted by Crippen LogP contribution is 2.24. The second-order valence-electron chi connectivity index (χ2n) is 4.24. The van der Waals surface area contributed by atoms with Crippen molar-refractivity contribution in [1.29, 1.82) is 0 Å². The van der Waals surface area contributed by atoms with Gasteiger partial charge in [-0.3, -0.25) is 10.1 Å². The van der Waals surface area contributed by atoms with Crippen LogP contribution >= 0.6 is 34.7 Å². The molecule has 1 unspecified atom stereocenters. The third-order valence-corrected chi connectivity index (χ3v) is 4.86. The normalized spacial score (nSPS) is 12.0. The number of rotatable bonds is 5. The van der Waals surface area contributed by atoms with Gasteiger partial charge in [0, 0.05) is 5.02 Å². The Morgan fingerprint density at radius 3 is 2.86 bits per heavy atom. The van der Waals surface area contributed by atoms with Gasteiger partial charge in [0.25, 0.3) is 5.91 Å². The van der Waals surface area contributed by atoms with E-state index in [1.165, 1.54) is 23.1 Å². The van der Waals surface area contributed by atoms with Gasteiger partial charge in [0.2, 0.25) is 5.13 Å². The molecule has 0 aliphatic rings. The summed E-state index contributed by atoms with van der Waals surface area (Å²) < 4.78 is 6.40. The van der Waals surface area contributed by atoms with Crippen LogP contribution in [-0.2, 0) is 4.79 Å². The van der Waals surface area contributed by atoms with E-state index in [1.807, 2.05) is 13.2 Å². The first kappa shape index (κ1) is 16.1. The Morgan fingerprint density at radius 2 is 2.24 bits per heavy atom. The molecule has 0 bridgehead atoms. The number of nitrogens with one attached hydrogen (secondary N) is 1. The Morgan fingerprint density at radius 1 is 1.48 bits per heavy atom. The number of halogens is 1. The second kappa shape index (κ2) is 7.11. The van der Waals surface area contributed by atoms with Gasteiger partial charge in [0.05, 0.1) is 0 Å². The van der Waals surface area contributed by atoms with E-state index < -0.39 is 6.10 Å². The minimum absolute atomic E-state index is 0.272. The van der Waals surface area contributed by atoms with Crippen LogP contribution in [0.25, 0.3) is 0 Å². The van der Waals surface area contributed by atoms with Crippen molar-refractivity contribution in [3.8, 4) is 5.75 Å². The molecule has 0 saturated heterocycles. The van der Waals surface area contributed by atoms with Crippen molar-refractivity contribution in [2.45, 2.75) is 24.3 Å². The molecular formula is C13H14ClN3O2S2. The molecule has 0 aliphatic heterocycles. The van der Waals surface area contributed by atoms with Gasteiger partial charge >= 0.3 is 0 Å². The van der Waals surface area contributed by atoms with E-state index in [4.69, 9.17) is 16.3 Å². The van der Waals surface area contributed by atoms with Gasteiger partial charge in [0.1, 0.15) is 5.75 Å². The molecule has 0 radical (unpaired) electrons. The molecule has 1 atom stereocenters. The van der Waals surface area contributed by atoms with Crippen LogP contribution in [0.2, 0.25) is 5.02 Å². The highest BCUT2D eigenvalue weighted by Gasteiger charge is 2.17. The third-order valence-electron chi connectivity index (χ3n) is 2.62. The molecule has 2 rings (SSSR count). The molecule has 21 heavy (non-hydrogen) atoms. The number of benzene rings is 1. The van der Waals surface area contributed by atoms with E-state index in [2.05, 4.69) is 15.5 Å². The highest BCUT2D eigenvalue weighted by atomic mass is 35.5. The lowest BCUT2D eigenvalue weighted by Gasteiger charge is -2.14. The molecule has 112 valence electrons. The molecule has 8 heteroatoms. The maximum Gasteiger partial charge on any atom is 0.266 e. The monoisotopic (exact) mass is 343 g/mol. The molecule has 1 aromatic carbocycles.